The predicted octanol–water partition coefficient (Wildman–Crippen LogP) is 3.38. The number of ether oxygens (including phenoxy) is 1. The van der Waals surface area contributed by atoms with Gasteiger partial charge in [-0.2, -0.15) is 0 Å². The second kappa shape index (κ2) is 7.51. The first-order valence-corrected chi connectivity index (χ1v) is 9.38. The zero-order valence-corrected chi connectivity index (χ0v) is 17.1. The van der Waals surface area contributed by atoms with Crippen LogP contribution in [0.15, 0.2) is 36.1 Å². The summed E-state index contributed by atoms with van der Waals surface area (Å²) in [6.45, 7) is 9.75. The van der Waals surface area contributed by atoms with Gasteiger partial charge in [0.25, 0.3) is 0 Å². The number of nitrogens with zero attached hydrogens (tertiary/aromatic N) is 2. The lowest BCUT2D eigenvalue weighted by Gasteiger charge is -2.30. The second-order valence-corrected chi connectivity index (χ2v) is 8.01. The van der Waals surface area contributed by atoms with Crippen molar-refractivity contribution in [1.29, 1.82) is 0 Å². The Balaban J connectivity index is 2.25. The molecule has 1 aliphatic rings. The number of benzene rings is 1. The van der Waals surface area contributed by atoms with Crippen LogP contribution in [0, 0.1) is 24.7 Å². The maximum absolute atomic E-state index is 12.8. The van der Waals surface area contributed by atoms with Crippen molar-refractivity contribution >= 4 is 17.3 Å². The molecule has 0 amide bonds. The number of hydrogen-bond donors (Lipinski definition) is 2. The number of aliphatic imine (C=N–C) groups is 1. The van der Waals surface area contributed by atoms with E-state index >= 15 is 0 Å². The van der Waals surface area contributed by atoms with Crippen LogP contribution in [0.5, 0.6) is 5.75 Å². The molecule has 1 heterocycles. The largest absolute Gasteiger partial charge is 0.477 e. The van der Waals surface area contributed by atoms with Gasteiger partial charge in [-0.1, -0.05) is 26.3 Å². The molecule has 6 heteroatoms. The van der Waals surface area contributed by atoms with Gasteiger partial charge >= 0.3 is 0 Å². The SMILES string of the molecule is C#CCOc1c(-n2cc(C)c3c2CC(C)(C)CC3=O)ccc(C(N)=NC=C)c1N. The summed E-state index contributed by atoms with van der Waals surface area (Å²) in [5.74, 6) is 3.27. The summed E-state index contributed by atoms with van der Waals surface area (Å²) in [5, 5.41) is 0. The van der Waals surface area contributed by atoms with E-state index in [0.717, 1.165) is 23.2 Å². The minimum Gasteiger partial charge on any atom is -0.477 e. The average molecular weight is 390 g/mol. The van der Waals surface area contributed by atoms with Crippen molar-refractivity contribution in [2.75, 3.05) is 12.3 Å². The number of aromatic nitrogens is 1. The fourth-order valence-electron chi connectivity index (χ4n) is 3.93. The zero-order valence-electron chi connectivity index (χ0n) is 17.1. The monoisotopic (exact) mass is 390 g/mol. The van der Waals surface area contributed by atoms with Gasteiger partial charge in [-0.3, -0.25) is 4.79 Å². The van der Waals surface area contributed by atoms with Crippen LogP contribution in [-0.4, -0.2) is 22.8 Å². The molecule has 4 N–H and O–H groups in total. The number of fused-ring (bicyclic) bond motifs is 1. The standard InChI is InChI=1S/C23H26N4O2/c1-6-10-29-21-16(9-8-15(20(21)24)22(25)26-7-2)27-13-14(3)19-17(27)11-23(4,5)12-18(19)28/h1,7-9,13H,2,10-12,24H2,3-5H3,(H2,25,26). The number of terminal acetylenes is 1. The van der Waals surface area contributed by atoms with Gasteiger partial charge in [-0.05, 0) is 36.5 Å². The third kappa shape index (κ3) is 3.64. The first-order valence-electron chi connectivity index (χ1n) is 9.38. The van der Waals surface area contributed by atoms with Crippen molar-refractivity contribution in [1.82, 2.24) is 4.57 Å². The summed E-state index contributed by atoms with van der Waals surface area (Å²) in [5.41, 5.74) is 16.5. The van der Waals surface area contributed by atoms with Gasteiger partial charge in [0, 0.05) is 35.6 Å². The molecular weight excluding hydrogens is 364 g/mol. The lowest BCUT2D eigenvalue weighted by atomic mass is 9.75. The van der Waals surface area contributed by atoms with E-state index in [1.54, 1.807) is 6.07 Å². The van der Waals surface area contributed by atoms with Crippen molar-refractivity contribution in [2.24, 2.45) is 16.1 Å². The van der Waals surface area contributed by atoms with Crippen LogP contribution in [0.2, 0.25) is 0 Å². The molecule has 0 aliphatic heterocycles. The number of carbonyl (C=O) groups excluding carboxylic acids is 1. The summed E-state index contributed by atoms with van der Waals surface area (Å²) >= 11 is 0. The molecule has 0 saturated carbocycles. The Morgan fingerprint density at radius 1 is 1.45 bits per heavy atom. The Hall–Kier alpha value is -3.46. The maximum Gasteiger partial charge on any atom is 0.168 e. The normalized spacial score (nSPS) is 15.5. The highest BCUT2D eigenvalue weighted by atomic mass is 16.5. The van der Waals surface area contributed by atoms with Crippen molar-refractivity contribution < 1.29 is 9.53 Å². The number of Topliss-reactive ketones (excluding diaryl/α,β-unsaturated/α-hetero) is 1. The van der Waals surface area contributed by atoms with Crippen LogP contribution in [0.3, 0.4) is 0 Å². The van der Waals surface area contributed by atoms with Crippen LogP contribution in [0.4, 0.5) is 5.69 Å². The van der Waals surface area contributed by atoms with Gasteiger partial charge in [0.05, 0.1) is 11.4 Å². The van der Waals surface area contributed by atoms with E-state index in [-0.39, 0.29) is 23.6 Å². The van der Waals surface area contributed by atoms with Gasteiger partial charge in [0.1, 0.15) is 12.4 Å². The summed E-state index contributed by atoms with van der Waals surface area (Å²) in [7, 11) is 0. The quantitative estimate of drug-likeness (QED) is 0.354. The number of carbonyl (C=O) groups is 1. The van der Waals surface area contributed by atoms with Crippen LogP contribution < -0.4 is 16.2 Å². The number of nitrogen functional groups attached to an aromatic ring is 1. The second-order valence-electron chi connectivity index (χ2n) is 8.01. The molecule has 0 spiro atoms. The minimum atomic E-state index is -0.126. The fraction of sp³-hybridized carbons (Fsp3) is 0.304. The number of anilines is 1. The van der Waals surface area contributed by atoms with E-state index in [4.69, 9.17) is 22.6 Å². The van der Waals surface area contributed by atoms with E-state index in [9.17, 15) is 4.79 Å². The first kappa shape index (κ1) is 20.3. The van der Waals surface area contributed by atoms with E-state index in [1.807, 2.05) is 23.8 Å². The summed E-state index contributed by atoms with van der Waals surface area (Å²) < 4.78 is 7.80. The molecule has 1 aromatic carbocycles. The van der Waals surface area contributed by atoms with E-state index in [0.29, 0.717) is 29.1 Å². The summed E-state index contributed by atoms with van der Waals surface area (Å²) in [6.07, 6.45) is 9.99. The Morgan fingerprint density at radius 3 is 2.83 bits per heavy atom. The fourth-order valence-corrected chi connectivity index (χ4v) is 3.93. The number of rotatable bonds is 5. The first-order chi connectivity index (χ1) is 13.7. The number of amidine groups is 1. The molecule has 1 aromatic heterocycles. The Bertz CT molecular complexity index is 1070. The van der Waals surface area contributed by atoms with Gasteiger partial charge < -0.3 is 20.8 Å². The lowest BCUT2D eigenvalue weighted by Crippen LogP contribution is -2.28. The number of hydrogen-bond acceptors (Lipinski definition) is 4. The molecule has 0 bridgehead atoms. The minimum absolute atomic E-state index is 0.0476. The van der Waals surface area contributed by atoms with Crippen molar-refractivity contribution in [3.8, 4) is 23.8 Å². The summed E-state index contributed by atoms with van der Waals surface area (Å²) in [6, 6.07) is 3.64. The average Bonchev–Trinajstić information content (AvgIpc) is 2.95. The molecule has 2 aromatic rings. The molecule has 1 aliphatic carbocycles. The Labute approximate surface area is 171 Å². The van der Waals surface area contributed by atoms with Gasteiger partial charge in [0.15, 0.2) is 11.5 Å². The molecule has 29 heavy (non-hydrogen) atoms. The molecule has 0 atom stereocenters. The third-order valence-corrected chi connectivity index (χ3v) is 5.10. The third-order valence-electron chi connectivity index (χ3n) is 5.10. The van der Waals surface area contributed by atoms with Crippen LogP contribution in [-0.2, 0) is 6.42 Å². The highest BCUT2D eigenvalue weighted by Crippen LogP contribution is 2.41. The number of ketones is 1. The molecule has 3 rings (SSSR count). The van der Waals surface area contributed by atoms with Crippen molar-refractivity contribution in [3.63, 3.8) is 0 Å². The molecular formula is C23H26N4O2. The van der Waals surface area contributed by atoms with Crippen molar-refractivity contribution in [2.45, 2.75) is 33.6 Å². The van der Waals surface area contributed by atoms with Crippen molar-refractivity contribution in [3.05, 3.63) is 53.5 Å². The molecule has 0 unspecified atom stereocenters. The maximum atomic E-state index is 12.8. The number of nitrogens with two attached hydrogens (primary N) is 2. The molecule has 0 saturated heterocycles. The lowest BCUT2D eigenvalue weighted by molar-refractivity contribution is 0.0910. The highest BCUT2D eigenvalue weighted by Gasteiger charge is 2.35. The van der Waals surface area contributed by atoms with E-state index in [1.165, 1.54) is 6.20 Å². The van der Waals surface area contributed by atoms with Gasteiger partial charge in [-0.15, -0.1) is 6.42 Å². The molecule has 0 radical (unpaired) electrons. The molecule has 150 valence electrons. The van der Waals surface area contributed by atoms with E-state index in [2.05, 4.69) is 31.3 Å². The Kier molecular flexibility index (Phi) is 5.25. The Morgan fingerprint density at radius 2 is 2.17 bits per heavy atom. The summed E-state index contributed by atoms with van der Waals surface area (Å²) in [4.78, 5) is 16.8. The molecule has 6 nitrogen and oxygen atoms in total. The van der Waals surface area contributed by atoms with Gasteiger partial charge in [0.2, 0.25) is 0 Å². The van der Waals surface area contributed by atoms with Crippen LogP contribution >= 0.6 is 0 Å². The van der Waals surface area contributed by atoms with Crippen LogP contribution in [0.1, 0.15) is 47.4 Å². The van der Waals surface area contributed by atoms with Crippen LogP contribution in [0.25, 0.3) is 5.69 Å². The topological polar surface area (TPSA) is 95.6 Å². The highest BCUT2D eigenvalue weighted by molar-refractivity contribution is 6.04. The zero-order chi connectivity index (χ0) is 21.3. The predicted molar refractivity (Wildman–Crippen MR) is 117 cm³/mol. The van der Waals surface area contributed by atoms with Gasteiger partial charge in [-0.25, -0.2) is 4.99 Å². The number of aryl methyl sites for hydroxylation is 1. The smallest absolute Gasteiger partial charge is 0.168 e. The van der Waals surface area contributed by atoms with E-state index < -0.39 is 0 Å². The molecule has 0 fully saturated rings.